The number of thiazole rings is 1. The molecule has 0 fully saturated rings. The van der Waals surface area contributed by atoms with E-state index in [0.717, 1.165) is 28.4 Å². The van der Waals surface area contributed by atoms with Crippen LogP contribution in [0.2, 0.25) is 0 Å². The molecule has 0 aliphatic heterocycles. The van der Waals surface area contributed by atoms with Gasteiger partial charge in [-0.25, -0.2) is 4.98 Å². The Bertz CT molecular complexity index is 729. The standard InChI is InChI=1S/C15H14N2OS2/c18-12(8-11-9-17-5-6-19-15(17)16-11)14-7-10-3-1-2-4-13(10)20-14/h5-7,9H,1-4,8H2. The number of aromatic nitrogens is 2. The molecule has 3 aromatic rings. The first kappa shape index (κ1) is 12.3. The van der Waals surface area contributed by atoms with Gasteiger partial charge in [-0.15, -0.1) is 22.7 Å². The minimum atomic E-state index is 0.204. The molecule has 0 amide bonds. The zero-order valence-corrected chi connectivity index (χ0v) is 12.6. The molecular formula is C15H14N2OS2. The minimum Gasteiger partial charge on any atom is -0.297 e. The number of nitrogens with zero attached hydrogens (tertiary/aromatic N) is 2. The van der Waals surface area contributed by atoms with Crippen LogP contribution in [0, 0.1) is 0 Å². The summed E-state index contributed by atoms with van der Waals surface area (Å²) in [6, 6.07) is 2.11. The second-order valence-corrected chi connectivity index (χ2v) is 7.20. The lowest BCUT2D eigenvalue weighted by molar-refractivity contribution is 0.0996. The molecule has 0 unspecified atom stereocenters. The molecule has 0 saturated heterocycles. The third kappa shape index (κ3) is 2.11. The van der Waals surface area contributed by atoms with Crippen molar-refractivity contribution >= 4 is 33.4 Å². The van der Waals surface area contributed by atoms with Crippen LogP contribution in [-0.2, 0) is 19.3 Å². The highest BCUT2D eigenvalue weighted by atomic mass is 32.1. The quantitative estimate of drug-likeness (QED) is 0.690. The number of hydrogen-bond acceptors (Lipinski definition) is 4. The van der Waals surface area contributed by atoms with Crippen molar-refractivity contribution < 1.29 is 4.79 Å². The van der Waals surface area contributed by atoms with Crippen LogP contribution in [0.15, 0.2) is 23.8 Å². The molecule has 0 saturated carbocycles. The van der Waals surface area contributed by atoms with E-state index in [2.05, 4.69) is 11.1 Å². The SMILES string of the molecule is O=C(Cc1cn2ccsc2n1)c1cc2c(s1)CCCC2. The van der Waals surface area contributed by atoms with Crippen molar-refractivity contribution in [2.75, 3.05) is 0 Å². The lowest BCUT2D eigenvalue weighted by Crippen LogP contribution is -2.01. The highest BCUT2D eigenvalue weighted by Gasteiger charge is 2.18. The molecule has 0 N–H and O–H groups in total. The van der Waals surface area contributed by atoms with Crippen LogP contribution >= 0.6 is 22.7 Å². The molecule has 0 spiro atoms. The molecule has 0 radical (unpaired) electrons. The highest BCUT2D eigenvalue weighted by Crippen LogP contribution is 2.30. The molecule has 1 aliphatic carbocycles. The van der Waals surface area contributed by atoms with Gasteiger partial charge in [0.15, 0.2) is 10.7 Å². The summed E-state index contributed by atoms with van der Waals surface area (Å²) in [5.74, 6) is 0.204. The third-order valence-corrected chi connectivity index (χ3v) is 5.81. The van der Waals surface area contributed by atoms with E-state index in [1.165, 1.54) is 23.3 Å². The molecule has 0 bridgehead atoms. The van der Waals surface area contributed by atoms with Crippen LogP contribution in [0.1, 0.15) is 38.6 Å². The summed E-state index contributed by atoms with van der Waals surface area (Å²) in [6.45, 7) is 0. The summed E-state index contributed by atoms with van der Waals surface area (Å²) in [6.07, 6.45) is 9.15. The fourth-order valence-electron chi connectivity index (χ4n) is 2.74. The van der Waals surface area contributed by atoms with Crippen molar-refractivity contribution in [2.45, 2.75) is 32.1 Å². The van der Waals surface area contributed by atoms with E-state index < -0.39 is 0 Å². The highest BCUT2D eigenvalue weighted by molar-refractivity contribution is 7.15. The number of aryl methyl sites for hydroxylation is 2. The van der Waals surface area contributed by atoms with Gasteiger partial charge in [0.1, 0.15) is 0 Å². The van der Waals surface area contributed by atoms with Crippen molar-refractivity contribution in [3.05, 3.63) is 44.9 Å². The van der Waals surface area contributed by atoms with E-state index >= 15 is 0 Å². The van der Waals surface area contributed by atoms with Crippen molar-refractivity contribution in [3.8, 4) is 0 Å². The monoisotopic (exact) mass is 302 g/mol. The van der Waals surface area contributed by atoms with Crippen LogP contribution in [0.3, 0.4) is 0 Å². The summed E-state index contributed by atoms with van der Waals surface area (Å²) >= 11 is 3.29. The molecule has 20 heavy (non-hydrogen) atoms. The van der Waals surface area contributed by atoms with Gasteiger partial charge in [0, 0.05) is 22.7 Å². The predicted octanol–water partition coefficient (Wildman–Crippen LogP) is 3.76. The van der Waals surface area contributed by atoms with Gasteiger partial charge in [0.05, 0.1) is 17.0 Å². The van der Waals surface area contributed by atoms with Crippen molar-refractivity contribution in [1.82, 2.24) is 9.38 Å². The molecule has 3 aromatic heterocycles. The van der Waals surface area contributed by atoms with Gasteiger partial charge in [0.2, 0.25) is 0 Å². The predicted molar refractivity (Wildman–Crippen MR) is 82.1 cm³/mol. The first-order valence-electron chi connectivity index (χ1n) is 6.85. The Morgan fingerprint density at radius 2 is 2.25 bits per heavy atom. The molecule has 0 atom stereocenters. The Hall–Kier alpha value is -1.46. The summed E-state index contributed by atoms with van der Waals surface area (Å²) in [4.78, 5) is 20.2. The summed E-state index contributed by atoms with van der Waals surface area (Å²) in [5, 5.41) is 2.00. The van der Waals surface area contributed by atoms with Gasteiger partial charge in [-0.2, -0.15) is 0 Å². The Balaban J connectivity index is 1.57. The second-order valence-electron chi connectivity index (χ2n) is 5.19. The van der Waals surface area contributed by atoms with Crippen molar-refractivity contribution in [1.29, 1.82) is 0 Å². The normalized spacial score (nSPS) is 14.6. The van der Waals surface area contributed by atoms with E-state index in [1.54, 1.807) is 22.7 Å². The minimum absolute atomic E-state index is 0.204. The molecule has 3 heterocycles. The Labute approximate surface area is 124 Å². The van der Waals surface area contributed by atoms with Gasteiger partial charge in [-0.1, -0.05) is 0 Å². The zero-order valence-electron chi connectivity index (χ0n) is 11.0. The van der Waals surface area contributed by atoms with Crippen LogP contribution in [0.5, 0.6) is 0 Å². The van der Waals surface area contributed by atoms with Gasteiger partial charge < -0.3 is 0 Å². The molecule has 5 heteroatoms. The fourth-order valence-corrected chi connectivity index (χ4v) is 4.65. The molecular weight excluding hydrogens is 288 g/mol. The number of carbonyl (C=O) groups excluding carboxylic acids is 1. The van der Waals surface area contributed by atoms with E-state index in [4.69, 9.17) is 0 Å². The third-order valence-electron chi connectivity index (χ3n) is 3.76. The number of imidazole rings is 1. The Kier molecular flexibility index (Phi) is 2.97. The van der Waals surface area contributed by atoms with Crippen LogP contribution in [-0.4, -0.2) is 15.2 Å². The molecule has 0 aromatic carbocycles. The molecule has 3 nitrogen and oxygen atoms in total. The number of ketones is 1. The summed E-state index contributed by atoms with van der Waals surface area (Å²) in [7, 11) is 0. The van der Waals surface area contributed by atoms with Crippen LogP contribution in [0.4, 0.5) is 0 Å². The van der Waals surface area contributed by atoms with Gasteiger partial charge in [-0.05, 0) is 37.3 Å². The summed E-state index contributed by atoms with van der Waals surface area (Å²) < 4.78 is 1.98. The molecule has 4 rings (SSSR count). The lowest BCUT2D eigenvalue weighted by Gasteiger charge is -2.08. The van der Waals surface area contributed by atoms with Crippen molar-refractivity contribution in [3.63, 3.8) is 0 Å². The Morgan fingerprint density at radius 1 is 1.35 bits per heavy atom. The zero-order chi connectivity index (χ0) is 13.5. The lowest BCUT2D eigenvalue weighted by atomic mass is 9.99. The van der Waals surface area contributed by atoms with E-state index in [0.29, 0.717) is 6.42 Å². The van der Waals surface area contributed by atoms with Crippen LogP contribution in [0.25, 0.3) is 4.96 Å². The largest absolute Gasteiger partial charge is 0.297 e. The number of thiophene rings is 1. The number of carbonyl (C=O) groups is 1. The second kappa shape index (κ2) is 4.82. The first-order chi connectivity index (χ1) is 9.79. The van der Waals surface area contributed by atoms with Gasteiger partial charge in [0.25, 0.3) is 0 Å². The number of fused-ring (bicyclic) bond motifs is 2. The average molecular weight is 302 g/mol. The molecule has 102 valence electrons. The van der Waals surface area contributed by atoms with E-state index in [9.17, 15) is 4.79 Å². The maximum Gasteiger partial charge on any atom is 0.193 e. The van der Waals surface area contributed by atoms with E-state index in [-0.39, 0.29) is 5.78 Å². The van der Waals surface area contributed by atoms with E-state index in [1.807, 2.05) is 22.2 Å². The van der Waals surface area contributed by atoms with Gasteiger partial charge in [-0.3, -0.25) is 9.20 Å². The summed E-state index contributed by atoms with van der Waals surface area (Å²) in [5.41, 5.74) is 2.27. The maximum atomic E-state index is 12.4. The number of Topliss-reactive ketones (excluding diaryl/α,β-unsaturated/α-hetero) is 1. The smallest absolute Gasteiger partial charge is 0.193 e. The topological polar surface area (TPSA) is 34.4 Å². The average Bonchev–Trinajstić information content (AvgIpc) is 3.10. The van der Waals surface area contributed by atoms with Crippen LogP contribution < -0.4 is 0 Å². The number of rotatable bonds is 3. The fraction of sp³-hybridized carbons (Fsp3) is 0.333. The Morgan fingerprint density at radius 3 is 3.10 bits per heavy atom. The molecule has 1 aliphatic rings. The first-order valence-corrected chi connectivity index (χ1v) is 8.55. The number of hydrogen-bond donors (Lipinski definition) is 0. The van der Waals surface area contributed by atoms with Gasteiger partial charge >= 0.3 is 0 Å². The maximum absolute atomic E-state index is 12.4. The van der Waals surface area contributed by atoms with Crippen molar-refractivity contribution in [2.24, 2.45) is 0 Å².